The fourth-order valence-electron chi connectivity index (χ4n) is 2.15. The Morgan fingerprint density at radius 3 is 2.79 bits per heavy atom. The molecule has 0 saturated heterocycles. The Balaban J connectivity index is 2.32. The molecule has 1 N–H and O–H groups in total. The van der Waals surface area contributed by atoms with Crippen molar-refractivity contribution in [1.29, 1.82) is 0 Å². The van der Waals surface area contributed by atoms with Crippen LogP contribution < -0.4 is 10.1 Å². The quantitative estimate of drug-likeness (QED) is 0.866. The van der Waals surface area contributed by atoms with Gasteiger partial charge in [-0.15, -0.1) is 0 Å². The molecule has 19 heavy (non-hydrogen) atoms. The first-order chi connectivity index (χ1) is 9.28. The van der Waals surface area contributed by atoms with Crippen molar-refractivity contribution in [2.24, 2.45) is 0 Å². The zero-order valence-corrected chi connectivity index (χ0v) is 11.8. The molecule has 1 heterocycles. The summed E-state index contributed by atoms with van der Waals surface area (Å²) in [5.41, 5.74) is 2.37. The lowest BCUT2D eigenvalue weighted by Gasteiger charge is -2.17. The maximum Gasteiger partial charge on any atom is 0.119 e. The molecule has 0 radical (unpaired) electrons. The molecule has 0 aliphatic heterocycles. The van der Waals surface area contributed by atoms with Crippen LogP contribution >= 0.6 is 0 Å². The lowest BCUT2D eigenvalue weighted by molar-refractivity contribution is 0.413. The van der Waals surface area contributed by atoms with Crippen LogP contribution in [0.1, 0.15) is 31.0 Å². The average molecular weight is 259 g/mol. The van der Waals surface area contributed by atoms with Gasteiger partial charge in [-0.05, 0) is 31.2 Å². The predicted octanol–water partition coefficient (Wildman–Crippen LogP) is 2.61. The Morgan fingerprint density at radius 2 is 2.16 bits per heavy atom. The van der Waals surface area contributed by atoms with Crippen LogP contribution in [-0.2, 0) is 6.54 Å². The van der Waals surface area contributed by atoms with E-state index in [0.717, 1.165) is 18.8 Å². The van der Waals surface area contributed by atoms with Crippen molar-refractivity contribution >= 4 is 0 Å². The van der Waals surface area contributed by atoms with Gasteiger partial charge in [0.25, 0.3) is 0 Å². The predicted molar refractivity (Wildman–Crippen MR) is 76.4 cm³/mol. The van der Waals surface area contributed by atoms with Crippen molar-refractivity contribution in [2.45, 2.75) is 26.4 Å². The number of aryl methyl sites for hydroxylation is 1. The lowest BCUT2D eigenvalue weighted by Crippen LogP contribution is -2.21. The Morgan fingerprint density at radius 1 is 1.32 bits per heavy atom. The second-order valence-electron chi connectivity index (χ2n) is 4.40. The van der Waals surface area contributed by atoms with Crippen molar-refractivity contribution in [2.75, 3.05) is 13.7 Å². The number of nitrogens with one attached hydrogen (secondary N) is 1. The summed E-state index contributed by atoms with van der Waals surface area (Å²) in [5, 5.41) is 7.85. The van der Waals surface area contributed by atoms with E-state index in [-0.39, 0.29) is 6.04 Å². The minimum atomic E-state index is 0.153. The third-order valence-electron chi connectivity index (χ3n) is 3.15. The zero-order chi connectivity index (χ0) is 13.7. The molecule has 1 unspecified atom stereocenters. The van der Waals surface area contributed by atoms with Gasteiger partial charge in [-0.1, -0.05) is 19.1 Å². The summed E-state index contributed by atoms with van der Waals surface area (Å²) in [4.78, 5) is 0. The molecule has 0 saturated carbocycles. The maximum atomic E-state index is 5.30. The second-order valence-corrected chi connectivity index (χ2v) is 4.40. The van der Waals surface area contributed by atoms with E-state index in [2.05, 4.69) is 42.6 Å². The van der Waals surface area contributed by atoms with Gasteiger partial charge in [-0.3, -0.25) is 4.68 Å². The molecule has 0 fully saturated rings. The summed E-state index contributed by atoms with van der Waals surface area (Å²) in [6.45, 7) is 5.98. The Bertz CT molecular complexity index is 522. The normalized spacial score (nSPS) is 12.4. The molecule has 0 bridgehead atoms. The molecule has 4 heteroatoms. The average Bonchev–Trinajstić information content (AvgIpc) is 2.93. The fourth-order valence-corrected chi connectivity index (χ4v) is 2.15. The van der Waals surface area contributed by atoms with Crippen LogP contribution in [0.25, 0.3) is 0 Å². The van der Waals surface area contributed by atoms with E-state index in [1.165, 1.54) is 11.1 Å². The highest BCUT2D eigenvalue weighted by atomic mass is 16.5. The minimum absolute atomic E-state index is 0.153. The van der Waals surface area contributed by atoms with E-state index in [0.29, 0.717) is 0 Å². The number of benzene rings is 1. The largest absolute Gasteiger partial charge is 0.497 e. The third kappa shape index (κ3) is 3.15. The molecule has 2 aromatic rings. The Kier molecular flexibility index (Phi) is 4.58. The van der Waals surface area contributed by atoms with Crippen LogP contribution in [0.2, 0.25) is 0 Å². The van der Waals surface area contributed by atoms with Crippen molar-refractivity contribution in [3.05, 3.63) is 47.8 Å². The van der Waals surface area contributed by atoms with Crippen LogP contribution in [0.15, 0.2) is 36.7 Å². The van der Waals surface area contributed by atoms with Gasteiger partial charge in [0, 0.05) is 18.3 Å². The summed E-state index contributed by atoms with van der Waals surface area (Å²) in [7, 11) is 1.69. The summed E-state index contributed by atoms with van der Waals surface area (Å²) >= 11 is 0. The smallest absolute Gasteiger partial charge is 0.119 e. The molecule has 2 rings (SSSR count). The van der Waals surface area contributed by atoms with Crippen molar-refractivity contribution in [3.63, 3.8) is 0 Å². The van der Waals surface area contributed by atoms with Gasteiger partial charge < -0.3 is 10.1 Å². The van der Waals surface area contributed by atoms with E-state index in [9.17, 15) is 0 Å². The first kappa shape index (κ1) is 13.6. The van der Waals surface area contributed by atoms with Crippen LogP contribution in [0.3, 0.4) is 0 Å². The van der Waals surface area contributed by atoms with Crippen molar-refractivity contribution in [1.82, 2.24) is 15.1 Å². The van der Waals surface area contributed by atoms with E-state index in [4.69, 9.17) is 4.74 Å². The van der Waals surface area contributed by atoms with E-state index in [1.54, 1.807) is 7.11 Å². The first-order valence-corrected chi connectivity index (χ1v) is 6.68. The van der Waals surface area contributed by atoms with Crippen LogP contribution in [0.4, 0.5) is 0 Å². The van der Waals surface area contributed by atoms with Crippen molar-refractivity contribution < 1.29 is 4.74 Å². The molecule has 1 aromatic carbocycles. The number of hydrogen-bond acceptors (Lipinski definition) is 3. The molecule has 102 valence electrons. The molecule has 0 amide bonds. The van der Waals surface area contributed by atoms with Gasteiger partial charge in [0.15, 0.2) is 0 Å². The summed E-state index contributed by atoms with van der Waals surface area (Å²) in [6.07, 6.45) is 4.02. The molecular weight excluding hydrogens is 238 g/mol. The molecule has 1 atom stereocenters. The summed E-state index contributed by atoms with van der Waals surface area (Å²) in [5.74, 6) is 0.878. The highest BCUT2D eigenvalue weighted by Crippen LogP contribution is 2.24. The van der Waals surface area contributed by atoms with Gasteiger partial charge in [0.1, 0.15) is 5.75 Å². The number of methoxy groups -OCH3 is 1. The second kappa shape index (κ2) is 6.38. The Hall–Kier alpha value is -1.81. The lowest BCUT2D eigenvalue weighted by atomic mass is 10.0. The van der Waals surface area contributed by atoms with Crippen LogP contribution in [0, 0.1) is 0 Å². The van der Waals surface area contributed by atoms with E-state index in [1.807, 2.05) is 23.0 Å². The Labute approximate surface area is 114 Å². The highest BCUT2D eigenvalue weighted by molar-refractivity contribution is 5.35. The number of ether oxygens (including phenoxy) is 1. The van der Waals surface area contributed by atoms with Gasteiger partial charge >= 0.3 is 0 Å². The van der Waals surface area contributed by atoms with E-state index < -0.39 is 0 Å². The van der Waals surface area contributed by atoms with Gasteiger partial charge in [0.2, 0.25) is 0 Å². The first-order valence-electron chi connectivity index (χ1n) is 6.68. The highest BCUT2D eigenvalue weighted by Gasteiger charge is 2.15. The standard InChI is InChI=1S/C15H21N3O/c1-4-16-15(13-10-17-18(5-2)11-13)12-7-6-8-14(9-12)19-3/h6-11,15-16H,4-5H2,1-3H3. The monoisotopic (exact) mass is 259 g/mol. The number of nitrogens with zero attached hydrogens (tertiary/aromatic N) is 2. The molecule has 4 nitrogen and oxygen atoms in total. The zero-order valence-electron chi connectivity index (χ0n) is 11.8. The minimum Gasteiger partial charge on any atom is -0.497 e. The van der Waals surface area contributed by atoms with Crippen molar-refractivity contribution in [3.8, 4) is 5.75 Å². The van der Waals surface area contributed by atoms with Gasteiger partial charge in [-0.2, -0.15) is 5.10 Å². The molecule has 0 aliphatic carbocycles. The van der Waals surface area contributed by atoms with Gasteiger partial charge in [0.05, 0.1) is 19.3 Å². The topological polar surface area (TPSA) is 39.1 Å². The summed E-state index contributed by atoms with van der Waals surface area (Å²) < 4.78 is 7.24. The summed E-state index contributed by atoms with van der Waals surface area (Å²) in [6, 6.07) is 8.31. The SMILES string of the molecule is CCNC(c1cccc(OC)c1)c1cnn(CC)c1. The number of rotatable bonds is 6. The third-order valence-corrected chi connectivity index (χ3v) is 3.15. The number of hydrogen-bond donors (Lipinski definition) is 1. The fraction of sp³-hybridized carbons (Fsp3) is 0.400. The molecule has 0 spiro atoms. The van der Waals surface area contributed by atoms with E-state index >= 15 is 0 Å². The number of aromatic nitrogens is 2. The van der Waals surface area contributed by atoms with Crippen LogP contribution in [0.5, 0.6) is 5.75 Å². The molecule has 0 aliphatic rings. The molecular formula is C15H21N3O. The maximum absolute atomic E-state index is 5.30. The van der Waals surface area contributed by atoms with Crippen LogP contribution in [-0.4, -0.2) is 23.4 Å². The van der Waals surface area contributed by atoms with Gasteiger partial charge in [-0.25, -0.2) is 0 Å². The molecule has 1 aromatic heterocycles.